The van der Waals surface area contributed by atoms with E-state index in [0.717, 1.165) is 44.1 Å². The molecular formula is C14H24N4O. The van der Waals surface area contributed by atoms with Gasteiger partial charge in [0.1, 0.15) is 17.5 Å². The van der Waals surface area contributed by atoms with Crippen LogP contribution in [0, 0.1) is 0 Å². The number of anilines is 2. The molecule has 1 aromatic rings. The summed E-state index contributed by atoms with van der Waals surface area (Å²) in [5, 5.41) is 3.32. The Kier molecular flexibility index (Phi) is 5.39. The second kappa shape index (κ2) is 7.28. The van der Waals surface area contributed by atoms with Gasteiger partial charge in [-0.05, 0) is 32.1 Å². The van der Waals surface area contributed by atoms with E-state index in [1.807, 2.05) is 0 Å². The Morgan fingerprint density at radius 1 is 1.42 bits per heavy atom. The fraction of sp³-hybridized carbons (Fsp3) is 0.714. The van der Waals surface area contributed by atoms with E-state index >= 15 is 0 Å². The molecule has 1 aliphatic heterocycles. The van der Waals surface area contributed by atoms with Gasteiger partial charge in [-0.2, -0.15) is 0 Å². The maximum Gasteiger partial charge on any atom is 0.133 e. The largest absolute Gasteiger partial charge is 0.384 e. The van der Waals surface area contributed by atoms with Gasteiger partial charge in [0.2, 0.25) is 0 Å². The molecule has 1 atom stereocenters. The van der Waals surface area contributed by atoms with E-state index in [1.165, 1.54) is 19.3 Å². The van der Waals surface area contributed by atoms with Crippen molar-refractivity contribution in [2.24, 2.45) is 0 Å². The molecule has 106 valence electrons. The highest BCUT2D eigenvalue weighted by Gasteiger charge is 2.13. The molecule has 1 aliphatic rings. The Labute approximate surface area is 115 Å². The normalized spacial score (nSPS) is 19.3. The molecule has 19 heavy (non-hydrogen) atoms. The summed E-state index contributed by atoms with van der Waals surface area (Å²) in [6, 6.07) is 1.79. The van der Waals surface area contributed by atoms with Crippen LogP contribution >= 0.6 is 0 Å². The number of aryl methyl sites for hydroxylation is 1. The van der Waals surface area contributed by atoms with Crippen LogP contribution in [0.5, 0.6) is 0 Å². The molecule has 2 heterocycles. The van der Waals surface area contributed by atoms with Crippen LogP contribution in [0.2, 0.25) is 0 Å². The number of nitrogen functional groups attached to an aromatic ring is 1. The lowest BCUT2D eigenvalue weighted by Crippen LogP contribution is -2.22. The third kappa shape index (κ3) is 4.67. The van der Waals surface area contributed by atoms with Gasteiger partial charge in [-0.3, -0.25) is 0 Å². The number of ether oxygens (including phenoxy) is 1. The maximum atomic E-state index is 5.79. The van der Waals surface area contributed by atoms with Crippen LogP contribution in [0.25, 0.3) is 0 Å². The molecular weight excluding hydrogens is 240 g/mol. The van der Waals surface area contributed by atoms with E-state index in [4.69, 9.17) is 10.5 Å². The Morgan fingerprint density at radius 3 is 3.05 bits per heavy atom. The SMILES string of the molecule is CCCc1nc(N)cc(NCCC2CCCCO2)n1. The maximum absolute atomic E-state index is 5.79. The third-order valence-electron chi connectivity index (χ3n) is 3.31. The van der Waals surface area contributed by atoms with Crippen molar-refractivity contribution in [1.29, 1.82) is 0 Å². The summed E-state index contributed by atoms with van der Waals surface area (Å²) in [5.41, 5.74) is 5.79. The van der Waals surface area contributed by atoms with Crippen LogP contribution in [0.15, 0.2) is 6.07 Å². The summed E-state index contributed by atoms with van der Waals surface area (Å²) >= 11 is 0. The molecule has 0 radical (unpaired) electrons. The van der Waals surface area contributed by atoms with Crippen LogP contribution in [0.1, 0.15) is 44.9 Å². The van der Waals surface area contributed by atoms with Crippen molar-refractivity contribution in [1.82, 2.24) is 9.97 Å². The molecule has 5 nitrogen and oxygen atoms in total. The van der Waals surface area contributed by atoms with Gasteiger partial charge in [0.15, 0.2) is 0 Å². The molecule has 1 aromatic heterocycles. The summed E-state index contributed by atoms with van der Waals surface area (Å²) in [5.74, 6) is 2.18. The van der Waals surface area contributed by atoms with Crippen molar-refractivity contribution < 1.29 is 4.74 Å². The van der Waals surface area contributed by atoms with Crippen molar-refractivity contribution in [2.45, 2.75) is 51.6 Å². The van der Waals surface area contributed by atoms with Crippen LogP contribution < -0.4 is 11.1 Å². The molecule has 0 aromatic carbocycles. The molecule has 3 N–H and O–H groups in total. The highest BCUT2D eigenvalue weighted by Crippen LogP contribution is 2.16. The van der Waals surface area contributed by atoms with Crippen LogP contribution in [-0.2, 0) is 11.2 Å². The lowest BCUT2D eigenvalue weighted by Gasteiger charge is -2.22. The zero-order chi connectivity index (χ0) is 13.5. The predicted molar refractivity (Wildman–Crippen MR) is 77.1 cm³/mol. The van der Waals surface area contributed by atoms with Crippen molar-refractivity contribution in [2.75, 3.05) is 24.2 Å². The average molecular weight is 264 g/mol. The van der Waals surface area contributed by atoms with E-state index in [0.29, 0.717) is 11.9 Å². The number of nitrogens with one attached hydrogen (secondary N) is 1. The van der Waals surface area contributed by atoms with E-state index in [1.54, 1.807) is 6.07 Å². The van der Waals surface area contributed by atoms with Gasteiger partial charge in [-0.1, -0.05) is 6.92 Å². The molecule has 2 rings (SSSR count). The summed E-state index contributed by atoms with van der Waals surface area (Å²) in [4.78, 5) is 8.69. The number of nitrogens with zero attached hydrogens (tertiary/aromatic N) is 2. The summed E-state index contributed by atoms with van der Waals surface area (Å²) in [7, 11) is 0. The lowest BCUT2D eigenvalue weighted by molar-refractivity contribution is 0.0134. The zero-order valence-electron chi connectivity index (χ0n) is 11.7. The molecule has 1 unspecified atom stereocenters. The Balaban J connectivity index is 1.81. The second-order valence-electron chi connectivity index (χ2n) is 5.05. The first kappa shape index (κ1) is 14.1. The monoisotopic (exact) mass is 264 g/mol. The number of rotatable bonds is 6. The summed E-state index contributed by atoms with van der Waals surface area (Å²) in [6.07, 6.45) is 6.97. The molecule has 0 bridgehead atoms. The Hall–Kier alpha value is -1.36. The van der Waals surface area contributed by atoms with Gasteiger partial charge in [0, 0.05) is 25.6 Å². The minimum atomic E-state index is 0.399. The smallest absolute Gasteiger partial charge is 0.133 e. The minimum Gasteiger partial charge on any atom is -0.384 e. The van der Waals surface area contributed by atoms with E-state index < -0.39 is 0 Å². The first-order valence-electron chi connectivity index (χ1n) is 7.27. The van der Waals surface area contributed by atoms with Crippen molar-refractivity contribution in [3.8, 4) is 0 Å². The third-order valence-corrected chi connectivity index (χ3v) is 3.31. The number of hydrogen-bond donors (Lipinski definition) is 2. The van der Waals surface area contributed by atoms with Gasteiger partial charge in [-0.25, -0.2) is 9.97 Å². The van der Waals surface area contributed by atoms with Gasteiger partial charge in [-0.15, -0.1) is 0 Å². The Morgan fingerprint density at radius 2 is 2.32 bits per heavy atom. The highest BCUT2D eigenvalue weighted by molar-refractivity contribution is 5.44. The molecule has 0 aliphatic carbocycles. The predicted octanol–water partition coefficient (Wildman–Crippen LogP) is 2.38. The van der Waals surface area contributed by atoms with E-state index in [2.05, 4.69) is 22.2 Å². The first-order chi connectivity index (χ1) is 9.28. The Bertz CT molecular complexity index is 391. The quantitative estimate of drug-likeness (QED) is 0.825. The van der Waals surface area contributed by atoms with Crippen LogP contribution in [0.4, 0.5) is 11.6 Å². The summed E-state index contributed by atoms with van der Waals surface area (Å²) in [6.45, 7) is 3.89. The van der Waals surface area contributed by atoms with Gasteiger partial charge < -0.3 is 15.8 Å². The van der Waals surface area contributed by atoms with Crippen molar-refractivity contribution in [3.05, 3.63) is 11.9 Å². The second-order valence-corrected chi connectivity index (χ2v) is 5.05. The molecule has 1 fully saturated rings. The van der Waals surface area contributed by atoms with Crippen molar-refractivity contribution in [3.63, 3.8) is 0 Å². The summed E-state index contributed by atoms with van der Waals surface area (Å²) < 4.78 is 5.70. The number of nitrogens with two attached hydrogens (primary N) is 1. The van der Waals surface area contributed by atoms with E-state index in [-0.39, 0.29) is 0 Å². The van der Waals surface area contributed by atoms with Gasteiger partial charge >= 0.3 is 0 Å². The molecule has 0 saturated carbocycles. The topological polar surface area (TPSA) is 73.1 Å². The fourth-order valence-corrected chi connectivity index (χ4v) is 2.34. The van der Waals surface area contributed by atoms with Gasteiger partial charge in [0.25, 0.3) is 0 Å². The van der Waals surface area contributed by atoms with Gasteiger partial charge in [0.05, 0.1) is 6.10 Å². The minimum absolute atomic E-state index is 0.399. The van der Waals surface area contributed by atoms with E-state index in [9.17, 15) is 0 Å². The fourth-order valence-electron chi connectivity index (χ4n) is 2.34. The zero-order valence-corrected chi connectivity index (χ0v) is 11.7. The first-order valence-corrected chi connectivity index (χ1v) is 7.27. The number of hydrogen-bond acceptors (Lipinski definition) is 5. The molecule has 5 heteroatoms. The van der Waals surface area contributed by atoms with Crippen LogP contribution in [0.3, 0.4) is 0 Å². The molecule has 1 saturated heterocycles. The lowest BCUT2D eigenvalue weighted by atomic mass is 10.1. The molecule has 0 spiro atoms. The highest BCUT2D eigenvalue weighted by atomic mass is 16.5. The number of aromatic nitrogens is 2. The average Bonchev–Trinajstić information content (AvgIpc) is 2.40. The molecule has 0 amide bonds. The van der Waals surface area contributed by atoms with Crippen LogP contribution in [-0.4, -0.2) is 29.2 Å². The van der Waals surface area contributed by atoms with Crippen molar-refractivity contribution >= 4 is 11.6 Å². The standard InChI is InChI=1S/C14H24N4O/c1-2-5-13-17-12(15)10-14(18-13)16-8-7-11-6-3-4-9-19-11/h10-11H,2-9H2,1H3,(H3,15,16,17,18).